The van der Waals surface area contributed by atoms with Crippen LogP contribution in [0.15, 0.2) is 16.7 Å². The molecular formula is C24H30F3N5O9. The first-order valence-electron chi connectivity index (χ1n) is 12.6. The number of halogens is 3. The van der Waals surface area contributed by atoms with Crippen molar-refractivity contribution < 1.29 is 57.3 Å². The van der Waals surface area contributed by atoms with E-state index >= 15 is 0 Å². The number of aliphatic carboxylic acids is 3. The van der Waals surface area contributed by atoms with Crippen LogP contribution in [0.5, 0.6) is 0 Å². The zero-order valence-electron chi connectivity index (χ0n) is 22.1. The lowest BCUT2D eigenvalue weighted by Crippen LogP contribution is -2.42. The molecule has 17 heteroatoms. The summed E-state index contributed by atoms with van der Waals surface area (Å²) in [7, 11) is 0. The van der Waals surface area contributed by atoms with E-state index in [1.54, 1.807) is 24.0 Å². The first-order valence-corrected chi connectivity index (χ1v) is 12.6. The number of nitrogens with one attached hydrogen (secondary N) is 1. The largest absolute Gasteiger partial charge is 0.481 e. The molecule has 3 atom stereocenters. The number of alkyl halides is 3. The third kappa shape index (κ3) is 7.33. The molecule has 2 aliphatic rings. The highest BCUT2D eigenvalue weighted by Crippen LogP contribution is 2.41. The van der Waals surface area contributed by atoms with E-state index in [1.165, 1.54) is 0 Å². The summed E-state index contributed by atoms with van der Waals surface area (Å²) in [6, 6.07) is 0.874. The molecule has 14 nitrogen and oxygen atoms in total. The van der Waals surface area contributed by atoms with E-state index in [4.69, 9.17) is 24.9 Å². The van der Waals surface area contributed by atoms with Gasteiger partial charge in [-0.25, -0.2) is 9.48 Å². The molecule has 2 aromatic rings. The maximum atomic E-state index is 13.5. The maximum Gasteiger partial charge on any atom is 0.410 e. The minimum Gasteiger partial charge on any atom is -0.481 e. The number of aryl methyl sites for hydroxylation is 1. The molecule has 2 aromatic heterocycles. The number of fused-ring (bicyclic) bond motifs is 1. The smallest absolute Gasteiger partial charge is 0.410 e. The van der Waals surface area contributed by atoms with Crippen molar-refractivity contribution in [2.24, 2.45) is 0 Å². The van der Waals surface area contributed by atoms with Crippen LogP contribution in [0.2, 0.25) is 0 Å². The van der Waals surface area contributed by atoms with Gasteiger partial charge >= 0.3 is 24.1 Å². The Morgan fingerprint density at radius 1 is 1.12 bits per heavy atom. The first kappa shape index (κ1) is 31.4. The summed E-state index contributed by atoms with van der Waals surface area (Å²) >= 11 is 0. The van der Waals surface area contributed by atoms with Gasteiger partial charge in [-0.05, 0) is 32.6 Å². The van der Waals surface area contributed by atoms with Crippen LogP contribution in [-0.4, -0.2) is 88.4 Å². The number of carboxylic acid groups (broad SMARTS) is 3. The van der Waals surface area contributed by atoms with Crippen molar-refractivity contribution in [3.05, 3.63) is 29.3 Å². The van der Waals surface area contributed by atoms with Crippen molar-refractivity contribution in [2.45, 2.75) is 82.3 Å². The summed E-state index contributed by atoms with van der Waals surface area (Å²) in [6.07, 6.45) is -4.71. The fraction of sp³-hybridized carbons (Fsp3) is 0.583. The number of aromatic nitrogens is 3. The number of amides is 1. The van der Waals surface area contributed by atoms with Crippen LogP contribution in [0.3, 0.4) is 0 Å². The van der Waals surface area contributed by atoms with Gasteiger partial charge in [-0.1, -0.05) is 12.1 Å². The Kier molecular flexibility index (Phi) is 9.30. The number of hydrogen-bond donors (Lipinski definition) is 5. The summed E-state index contributed by atoms with van der Waals surface area (Å²) < 4.78 is 46.6. The van der Waals surface area contributed by atoms with Crippen molar-refractivity contribution in [3.63, 3.8) is 0 Å². The fourth-order valence-electron chi connectivity index (χ4n) is 4.69. The molecule has 1 saturated heterocycles. The lowest BCUT2D eigenvalue weighted by Gasteiger charge is -2.31. The summed E-state index contributed by atoms with van der Waals surface area (Å²) in [5, 5.41) is 45.0. The van der Waals surface area contributed by atoms with Gasteiger partial charge in [0.1, 0.15) is 5.82 Å². The van der Waals surface area contributed by atoms with Gasteiger partial charge in [0.25, 0.3) is 5.91 Å². The molecule has 2 aliphatic heterocycles. The highest BCUT2D eigenvalue weighted by atomic mass is 19.4. The second kappa shape index (κ2) is 12.2. The topological polar surface area (TPSA) is 208 Å². The third-order valence-corrected chi connectivity index (χ3v) is 6.67. The van der Waals surface area contributed by atoms with E-state index in [1.807, 2.05) is 6.92 Å². The highest BCUT2D eigenvalue weighted by molar-refractivity contribution is 5.92. The molecule has 4 heterocycles. The van der Waals surface area contributed by atoms with E-state index in [0.717, 1.165) is 11.1 Å². The monoisotopic (exact) mass is 589 g/mol. The second-order valence-electron chi connectivity index (χ2n) is 9.91. The summed E-state index contributed by atoms with van der Waals surface area (Å²) in [4.78, 5) is 44.9. The van der Waals surface area contributed by atoms with Gasteiger partial charge in [-0.2, -0.15) is 18.3 Å². The molecule has 0 spiro atoms. The van der Waals surface area contributed by atoms with Gasteiger partial charge in [0.2, 0.25) is 5.76 Å². The third-order valence-electron chi connectivity index (χ3n) is 6.67. The van der Waals surface area contributed by atoms with Crippen LogP contribution in [0, 0.1) is 0 Å². The molecule has 226 valence electrons. The normalized spacial score (nSPS) is 20.4. The molecule has 5 N–H and O–H groups in total. The average Bonchev–Trinajstić information content (AvgIpc) is 3.60. The van der Waals surface area contributed by atoms with Crippen molar-refractivity contribution in [3.8, 4) is 0 Å². The van der Waals surface area contributed by atoms with Crippen molar-refractivity contribution >= 4 is 29.6 Å². The maximum absolute atomic E-state index is 13.5. The van der Waals surface area contributed by atoms with Gasteiger partial charge in [0, 0.05) is 24.7 Å². The van der Waals surface area contributed by atoms with Crippen LogP contribution in [-0.2, 0) is 20.8 Å². The van der Waals surface area contributed by atoms with Crippen molar-refractivity contribution in [1.29, 1.82) is 0 Å². The highest BCUT2D eigenvalue weighted by Gasteiger charge is 2.46. The van der Waals surface area contributed by atoms with Gasteiger partial charge in [-0.3, -0.25) is 14.4 Å². The Morgan fingerprint density at radius 2 is 1.76 bits per heavy atom. The lowest BCUT2D eigenvalue weighted by atomic mass is 9.96. The number of carbonyl (C=O) groups is 4. The quantitative estimate of drug-likeness (QED) is 0.301. The standard InChI is InChI=1S/C18H22F3N5O2.C6H8O7/c1-3-11-8-14(28-24-11)17(27)25-6-4-5-13(25)12-9-16-22-10(2)7-15(18(19,20)21)26(16)23-12;7-3(8)1-6(13,5(11)12)2-4(9)10/h8-10,13,15,22H,3-7H2,1-2H3;13H,1-2H2,(H,7,8)(H,9,10)(H,11,12)/t10-,13?,15-;/m1./s1. The van der Waals surface area contributed by atoms with Crippen LogP contribution in [0.25, 0.3) is 0 Å². The van der Waals surface area contributed by atoms with Gasteiger partial charge in [-0.15, -0.1) is 0 Å². The molecule has 1 unspecified atom stereocenters. The Balaban J connectivity index is 0.000000302. The lowest BCUT2D eigenvalue weighted by molar-refractivity contribution is -0.173. The zero-order chi connectivity index (χ0) is 30.7. The van der Waals surface area contributed by atoms with Gasteiger partial charge in [0.15, 0.2) is 11.6 Å². The number of anilines is 1. The number of hydrogen-bond acceptors (Lipinski definition) is 9. The molecule has 0 aliphatic carbocycles. The van der Waals surface area contributed by atoms with Crippen molar-refractivity contribution in [1.82, 2.24) is 19.8 Å². The predicted molar refractivity (Wildman–Crippen MR) is 131 cm³/mol. The van der Waals surface area contributed by atoms with Crippen LogP contribution < -0.4 is 5.32 Å². The molecule has 0 radical (unpaired) electrons. The number of carbonyl (C=O) groups excluding carboxylic acids is 1. The predicted octanol–water partition coefficient (Wildman–Crippen LogP) is 2.47. The molecule has 0 aromatic carbocycles. The van der Waals surface area contributed by atoms with Crippen LogP contribution >= 0.6 is 0 Å². The number of nitrogens with zero attached hydrogens (tertiary/aromatic N) is 4. The molecular weight excluding hydrogens is 559 g/mol. The molecule has 0 bridgehead atoms. The van der Waals surface area contributed by atoms with E-state index in [0.29, 0.717) is 36.6 Å². The molecule has 1 amide bonds. The number of aliphatic hydroxyl groups is 1. The Morgan fingerprint density at radius 3 is 2.27 bits per heavy atom. The van der Waals surface area contributed by atoms with E-state index in [-0.39, 0.29) is 30.2 Å². The molecule has 1 fully saturated rings. The minimum atomic E-state index is -4.38. The van der Waals surface area contributed by atoms with E-state index < -0.39 is 48.6 Å². The number of carboxylic acids is 3. The Bertz CT molecular complexity index is 1280. The van der Waals surface area contributed by atoms with Crippen LogP contribution in [0.4, 0.5) is 19.0 Å². The van der Waals surface area contributed by atoms with Crippen molar-refractivity contribution in [2.75, 3.05) is 11.9 Å². The Hall–Kier alpha value is -4.15. The fourth-order valence-corrected chi connectivity index (χ4v) is 4.69. The van der Waals surface area contributed by atoms with E-state index in [9.17, 15) is 32.3 Å². The zero-order valence-corrected chi connectivity index (χ0v) is 22.1. The summed E-state index contributed by atoms with van der Waals surface area (Å²) in [5.74, 6) is -4.85. The molecule has 41 heavy (non-hydrogen) atoms. The van der Waals surface area contributed by atoms with Crippen LogP contribution in [0.1, 0.15) is 80.0 Å². The summed E-state index contributed by atoms with van der Waals surface area (Å²) in [5.41, 5.74) is -1.59. The Labute approximate surface area is 230 Å². The number of likely N-dealkylation sites (tertiary alicyclic amines) is 1. The van der Waals surface area contributed by atoms with Gasteiger partial charge < -0.3 is 35.2 Å². The first-order chi connectivity index (χ1) is 19.1. The second-order valence-corrected chi connectivity index (χ2v) is 9.91. The van der Waals surface area contributed by atoms with Gasteiger partial charge in [0.05, 0.1) is 30.3 Å². The average molecular weight is 590 g/mol. The summed E-state index contributed by atoms with van der Waals surface area (Å²) in [6.45, 7) is 4.13. The SMILES string of the molecule is CCc1cc(C(=O)N2CCCC2c2cc3n(n2)[C@@H](C(F)(F)F)C[C@@H](C)N3)on1.O=C(O)CC(O)(CC(=O)O)C(=O)O. The molecule has 4 rings (SSSR count). The minimum absolute atomic E-state index is 0.0806. The van der Waals surface area contributed by atoms with E-state index in [2.05, 4.69) is 15.6 Å². The molecule has 0 saturated carbocycles. The number of rotatable bonds is 8.